The topological polar surface area (TPSA) is 249 Å². The van der Waals surface area contributed by atoms with Gasteiger partial charge in [0.15, 0.2) is 16.8 Å². The summed E-state index contributed by atoms with van der Waals surface area (Å²) in [5.41, 5.74) is 1.36. The molecule has 0 radical (unpaired) electrons. The molecule has 17 nitrogen and oxygen atoms in total. The van der Waals surface area contributed by atoms with Crippen molar-refractivity contribution in [3.63, 3.8) is 0 Å². The third-order valence-electron chi connectivity index (χ3n) is 4.26. The van der Waals surface area contributed by atoms with Crippen LogP contribution < -0.4 is 138 Å². The Morgan fingerprint density at radius 2 is 1.64 bits per heavy atom. The summed E-state index contributed by atoms with van der Waals surface area (Å²) in [7, 11) is -17.9. The zero-order valence-corrected chi connectivity index (χ0v) is 30.2. The van der Waals surface area contributed by atoms with Crippen LogP contribution in [0.1, 0.15) is 12.6 Å². The largest absolute Gasteiger partial charge is 1.00 e. The second-order valence-corrected chi connectivity index (χ2v) is 10.7. The molecule has 3 aromatic heterocycles. The van der Waals surface area contributed by atoms with Gasteiger partial charge in [0.25, 0.3) is 15.6 Å². The van der Waals surface area contributed by atoms with Crippen molar-refractivity contribution in [2.75, 3.05) is 6.61 Å². The number of ether oxygens (including phenoxy) is 1. The van der Waals surface area contributed by atoms with Crippen molar-refractivity contribution in [3.05, 3.63) is 25.0 Å². The van der Waals surface area contributed by atoms with Gasteiger partial charge >= 0.3 is 118 Å². The Kier molecular flexibility index (Phi) is 16.1. The van der Waals surface area contributed by atoms with Crippen LogP contribution in [0, 0.1) is 0 Å². The molecule has 0 aromatic carbocycles. The molecule has 0 bridgehead atoms. The fourth-order valence-corrected chi connectivity index (χ4v) is 5.91. The molecule has 36 heavy (non-hydrogen) atoms. The number of phosphoric ester groups is 1. The maximum atomic E-state index is 11.6. The van der Waals surface area contributed by atoms with Gasteiger partial charge in [0.05, 0.1) is 26.9 Å². The van der Waals surface area contributed by atoms with Crippen LogP contribution in [0.4, 0.5) is 0 Å². The summed E-state index contributed by atoms with van der Waals surface area (Å²) in [4.78, 5) is 56.1. The summed E-state index contributed by atoms with van der Waals surface area (Å²) in [6, 6.07) is 0. The van der Waals surface area contributed by atoms with Crippen molar-refractivity contribution in [1.82, 2.24) is 23.9 Å². The first-order valence-corrected chi connectivity index (χ1v) is 12.9. The first-order valence-electron chi connectivity index (χ1n) is 8.53. The van der Waals surface area contributed by atoms with Gasteiger partial charge in [0.2, 0.25) is 0 Å². The predicted molar refractivity (Wildman–Crippen MR) is 91.8 cm³/mol. The molecule has 24 heteroatoms. The van der Waals surface area contributed by atoms with Gasteiger partial charge in [0, 0.05) is 18.8 Å². The van der Waals surface area contributed by atoms with Gasteiger partial charge in [-0.2, -0.15) is 0 Å². The molecule has 0 saturated carbocycles. The third kappa shape index (κ3) is 9.76. The van der Waals surface area contributed by atoms with Gasteiger partial charge in [-0.3, -0.25) is 22.4 Å². The van der Waals surface area contributed by atoms with Gasteiger partial charge in [-0.1, -0.05) is 0 Å². The fourth-order valence-electron chi connectivity index (χ4n) is 3.04. The normalized spacial score (nSPS) is 23.0. The number of hydrogen-bond acceptors (Lipinski definition) is 15. The standard InChI is InChI=1S/C12H16N5O12P3.4Na/c18-7-3-9(17-6-14-10-11-13-1-2-16(11)5-15-12(10)17)27-8(7)4-26-31(22,23)29-32(24,25)28-30(19,20)21;;;;/h1-2,5-9,18H,3-4H2,(H,22,23)(H,24,25)(H2,19,20,21);;;;/q;4*+1/p-4/t7-,8+,9+;;;;/m0..../s1. The molecule has 1 N–H and O–H groups in total. The zero-order valence-electron chi connectivity index (χ0n) is 19.5. The summed E-state index contributed by atoms with van der Waals surface area (Å²) >= 11 is 0. The molecule has 0 amide bonds. The van der Waals surface area contributed by atoms with Crippen LogP contribution >= 0.6 is 23.5 Å². The number of fused-ring (bicyclic) bond motifs is 3. The molecule has 3 aromatic rings. The summed E-state index contributed by atoms with van der Waals surface area (Å²) in [5.74, 6) is 0. The summed E-state index contributed by atoms with van der Waals surface area (Å²) in [6.45, 7) is -0.893. The van der Waals surface area contributed by atoms with Crippen LogP contribution in [0.3, 0.4) is 0 Å². The van der Waals surface area contributed by atoms with E-state index in [1.165, 1.54) is 17.2 Å². The molecule has 1 fully saturated rings. The predicted octanol–water partition coefficient (Wildman–Crippen LogP) is -14.4. The Labute approximate surface area is 291 Å². The Balaban J connectivity index is 0.00000306. The van der Waals surface area contributed by atoms with E-state index in [9.17, 15) is 38.4 Å². The number of hydrogen-bond donors (Lipinski definition) is 1. The van der Waals surface area contributed by atoms with E-state index in [4.69, 9.17) is 4.74 Å². The molecule has 1 saturated heterocycles. The average molecular weight is 603 g/mol. The second kappa shape index (κ2) is 15.1. The fraction of sp³-hybridized carbons (Fsp3) is 0.417. The Hall–Kier alpha value is 2.42. The summed E-state index contributed by atoms with van der Waals surface area (Å²) in [5, 5.41) is 10.2. The quantitative estimate of drug-likeness (QED) is 0.185. The SMILES string of the molecule is O=P([O-])([O-])OP(=O)([O-])OP(=O)([O-])OC[C@H]1O[C@@H](n2cnc3c2ncn2ccnc32)C[C@@H]1O.[Na+].[Na+].[Na+].[Na+]. The van der Waals surface area contributed by atoms with Crippen LogP contribution in [0.5, 0.6) is 0 Å². The van der Waals surface area contributed by atoms with Gasteiger partial charge in [0.1, 0.15) is 18.7 Å². The van der Waals surface area contributed by atoms with E-state index >= 15 is 0 Å². The van der Waals surface area contributed by atoms with Crippen LogP contribution in [-0.2, 0) is 31.6 Å². The molecule has 176 valence electrons. The number of aromatic nitrogens is 5. The van der Waals surface area contributed by atoms with E-state index in [1.54, 1.807) is 16.8 Å². The van der Waals surface area contributed by atoms with Gasteiger partial charge in [-0.25, -0.2) is 19.3 Å². The molecule has 1 aliphatic heterocycles. The summed E-state index contributed by atoms with van der Waals surface area (Å²) < 4.78 is 52.7. The van der Waals surface area contributed by atoms with E-state index in [-0.39, 0.29) is 125 Å². The number of nitrogens with zero attached hydrogens (tertiary/aromatic N) is 5. The number of rotatable bonds is 8. The molecular formula is C12H12N5Na4O12P3. The minimum atomic E-state index is -6.09. The first-order chi connectivity index (χ1) is 14.8. The Morgan fingerprint density at radius 1 is 0.972 bits per heavy atom. The number of phosphoric acid groups is 3. The average Bonchev–Trinajstić information content (AvgIpc) is 3.33. The van der Waals surface area contributed by atoms with E-state index in [0.717, 1.165) is 0 Å². The number of imidazole rings is 2. The molecule has 2 unspecified atom stereocenters. The van der Waals surface area contributed by atoms with Crippen molar-refractivity contribution in [2.24, 2.45) is 0 Å². The minimum Gasteiger partial charge on any atom is -0.790 e. The molecule has 4 heterocycles. The minimum absolute atomic E-state index is 0. The molecule has 1 aliphatic rings. The molecular weight excluding hydrogens is 591 g/mol. The molecule has 0 spiro atoms. The Morgan fingerprint density at radius 3 is 2.28 bits per heavy atom. The van der Waals surface area contributed by atoms with E-state index < -0.39 is 48.5 Å². The maximum absolute atomic E-state index is 11.6. The molecule has 0 aliphatic carbocycles. The number of aliphatic hydroxyl groups excluding tert-OH is 1. The smallest absolute Gasteiger partial charge is 0.790 e. The van der Waals surface area contributed by atoms with Crippen LogP contribution in [0.2, 0.25) is 0 Å². The van der Waals surface area contributed by atoms with Gasteiger partial charge in [-0.05, 0) is 0 Å². The van der Waals surface area contributed by atoms with Crippen molar-refractivity contribution in [2.45, 2.75) is 24.9 Å². The van der Waals surface area contributed by atoms with Gasteiger partial charge in [-0.15, -0.1) is 0 Å². The van der Waals surface area contributed by atoms with Crippen molar-refractivity contribution in [1.29, 1.82) is 0 Å². The Bertz CT molecular complexity index is 1310. The van der Waals surface area contributed by atoms with Crippen LogP contribution in [0.25, 0.3) is 16.8 Å². The van der Waals surface area contributed by atoms with Crippen molar-refractivity contribution < 1.29 is 174 Å². The number of aliphatic hydroxyl groups is 1. The van der Waals surface area contributed by atoms with Crippen molar-refractivity contribution >= 4 is 40.3 Å². The second-order valence-electron chi connectivity index (χ2n) is 6.46. The van der Waals surface area contributed by atoms with Crippen LogP contribution in [-0.4, -0.2) is 47.8 Å². The van der Waals surface area contributed by atoms with E-state index in [2.05, 4.69) is 28.1 Å². The van der Waals surface area contributed by atoms with Crippen LogP contribution in [0.15, 0.2) is 25.0 Å². The zero-order chi connectivity index (χ0) is 23.3. The van der Waals surface area contributed by atoms with E-state index in [0.29, 0.717) is 16.8 Å². The monoisotopic (exact) mass is 603 g/mol. The van der Waals surface area contributed by atoms with E-state index in [1.807, 2.05) is 0 Å². The maximum Gasteiger partial charge on any atom is 1.00 e. The van der Waals surface area contributed by atoms with Gasteiger partial charge < -0.3 is 38.5 Å². The first kappa shape index (κ1) is 38.4. The summed E-state index contributed by atoms with van der Waals surface area (Å²) in [6.07, 6.45) is 2.76. The molecule has 5 atom stereocenters. The van der Waals surface area contributed by atoms with Crippen molar-refractivity contribution in [3.8, 4) is 0 Å². The molecule has 4 rings (SSSR count). The third-order valence-corrected chi connectivity index (χ3v) is 7.93.